The minimum atomic E-state index is -0.605. The molecule has 0 bridgehead atoms. The van der Waals surface area contributed by atoms with Gasteiger partial charge in [-0.2, -0.15) is 0 Å². The van der Waals surface area contributed by atoms with Gasteiger partial charge in [0, 0.05) is 16.8 Å². The van der Waals surface area contributed by atoms with Gasteiger partial charge in [0.05, 0.1) is 39.7 Å². The van der Waals surface area contributed by atoms with E-state index in [0.717, 1.165) is 0 Å². The molecule has 2 aromatic rings. The van der Waals surface area contributed by atoms with Crippen molar-refractivity contribution in [1.29, 1.82) is 0 Å². The first-order valence-electron chi connectivity index (χ1n) is 10.5. The molecule has 4 rings (SSSR count). The lowest BCUT2D eigenvalue weighted by Crippen LogP contribution is -2.34. The molecular weight excluding hydrogens is 533 g/mol. The van der Waals surface area contributed by atoms with Crippen LogP contribution in [-0.2, 0) is 14.3 Å². The number of anilines is 1. The number of carbonyl (C=O) groups excluding carboxylic acids is 2. The second-order valence-electron chi connectivity index (χ2n) is 7.45. The van der Waals surface area contributed by atoms with Crippen LogP contribution in [0.4, 0.5) is 5.69 Å². The van der Waals surface area contributed by atoms with Crippen molar-refractivity contribution < 1.29 is 19.1 Å². The molecule has 182 valence electrons. The summed E-state index contributed by atoms with van der Waals surface area (Å²) < 4.78 is 11.2. The molecule has 11 heteroatoms. The maximum atomic E-state index is 12.9. The van der Waals surface area contributed by atoms with Gasteiger partial charge in [-0.25, -0.2) is 9.79 Å². The van der Waals surface area contributed by atoms with Crippen LogP contribution in [0.5, 0.6) is 5.75 Å². The summed E-state index contributed by atoms with van der Waals surface area (Å²) >= 11 is 20.0. The molecular formula is C24H20Cl3N3O4S. The predicted octanol–water partition coefficient (Wildman–Crippen LogP) is 6.43. The maximum absolute atomic E-state index is 12.9. The van der Waals surface area contributed by atoms with Gasteiger partial charge in [-0.3, -0.25) is 4.79 Å². The molecule has 7 nitrogen and oxygen atoms in total. The average Bonchev–Trinajstić information content (AvgIpc) is 3.28. The number of aliphatic imine (C=N–C) groups is 1. The summed E-state index contributed by atoms with van der Waals surface area (Å²) in [4.78, 5) is 32.0. The Morgan fingerprint density at radius 3 is 2.77 bits per heavy atom. The van der Waals surface area contributed by atoms with E-state index in [9.17, 15) is 9.59 Å². The van der Waals surface area contributed by atoms with Crippen molar-refractivity contribution in [1.82, 2.24) is 4.90 Å². The number of allylic oxidation sites excluding steroid dienone is 1. The number of thioether (sulfide) groups is 1. The normalized spacial score (nSPS) is 16.7. The maximum Gasteiger partial charge on any atom is 0.338 e. The average molecular weight is 553 g/mol. The molecule has 0 fully saturated rings. The van der Waals surface area contributed by atoms with Gasteiger partial charge in [0.2, 0.25) is 0 Å². The minimum absolute atomic E-state index is 0.217. The molecule has 1 N–H and O–H groups in total. The zero-order chi connectivity index (χ0) is 25.1. The van der Waals surface area contributed by atoms with Crippen LogP contribution in [0.3, 0.4) is 0 Å². The Labute approximate surface area is 221 Å². The fourth-order valence-corrected chi connectivity index (χ4v) is 4.99. The third kappa shape index (κ3) is 5.46. The highest BCUT2D eigenvalue weighted by Gasteiger charge is 2.39. The van der Waals surface area contributed by atoms with Crippen LogP contribution in [0.15, 0.2) is 64.3 Å². The molecule has 1 amide bonds. The fraction of sp³-hybridized carbons (Fsp3) is 0.208. The molecule has 2 heterocycles. The number of carbonyl (C=O) groups is 2. The van der Waals surface area contributed by atoms with Crippen molar-refractivity contribution in [3.8, 4) is 5.75 Å². The number of hydrogen-bond donors (Lipinski definition) is 1. The molecule has 0 radical (unpaired) electrons. The standard InChI is InChI=1S/C24H20Cl3N3O4S/c1-3-33-23(32)20-13(2)28-24-30(9-10-35-24)22(20)15-11-14(25)7-8-18(15)34-12-19(31)29-17-6-4-5-16(26)21(17)27/h4-11,22H,3,12H2,1-2H3,(H,29,31)/t22-/m1/s1. The molecule has 0 spiro atoms. The highest BCUT2D eigenvalue weighted by molar-refractivity contribution is 8.16. The topological polar surface area (TPSA) is 80.2 Å². The molecule has 2 aliphatic rings. The number of nitrogens with zero attached hydrogens (tertiary/aromatic N) is 2. The van der Waals surface area contributed by atoms with Crippen LogP contribution in [0.2, 0.25) is 15.1 Å². The fourth-order valence-electron chi connectivity index (χ4n) is 3.67. The van der Waals surface area contributed by atoms with Crippen molar-refractivity contribution in [3.63, 3.8) is 0 Å². The number of hydrogen-bond acceptors (Lipinski definition) is 7. The summed E-state index contributed by atoms with van der Waals surface area (Å²) in [5.74, 6) is -0.537. The van der Waals surface area contributed by atoms with Gasteiger partial charge in [0.25, 0.3) is 5.91 Å². The Bertz CT molecular complexity index is 1280. The zero-order valence-electron chi connectivity index (χ0n) is 18.7. The molecule has 35 heavy (non-hydrogen) atoms. The molecule has 2 aromatic carbocycles. The minimum Gasteiger partial charge on any atom is -0.483 e. The first kappa shape index (κ1) is 25.4. The van der Waals surface area contributed by atoms with Crippen LogP contribution in [0.1, 0.15) is 25.5 Å². The van der Waals surface area contributed by atoms with Gasteiger partial charge in [0.1, 0.15) is 5.75 Å². The molecule has 0 unspecified atom stereocenters. The summed E-state index contributed by atoms with van der Waals surface area (Å²) in [5.41, 5.74) is 1.87. The molecule has 0 aliphatic carbocycles. The SMILES string of the molecule is CCOC(=O)C1=C(C)N=C2SC=CN2[C@@H]1c1cc(Cl)ccc1OCC(=O)Nc1cccc(Cl)c1Cl. The number of ether oxygens (including phenoxy) is 2. The van der Waals surface area contributed by atoms with Crippen LogP contribution in [-0.4, -0.2) is 35.2 Å². The lowest BCUT2D eigenvalue weighted by atomic mass is 9.94. The van der Waals surface area contributed by atoms with E-state index in [1.54, 1.807) is 50.2 Å². The van der Waals surface area contributed by atoms with Crippen molar-refractivity contribution in [2.45, 2.75) is 19.9 Å². The first-order valence-corrected chi connectivity index (χ1v) is 12.6. The number of rotatable bonds is 7. The number of nitrogens with one attached hydrogen (secondary N) is 1. The monoisotopic (exact) mass is 551 g/mol. The van der Waals surface area contributed by atoms with Gasteiger partial charge in [0.15, 0.2) is 11.8 Å². The molecule has 0 saturated carbocycles. The molecule has 0 aromatic heterocycles. The third-order valence-electron chi connectivity index (χ3n) is 5.17. The Hall–Kier alpha value is -2.65. The first-order chi connectivity index (χ1) is 16.8. The number of esters is 1. The van der Waals surface area contributed by atoms with Crippen molar-refractivity contribution in [3.05, 3.63) is 79.9 Å². The number of halogens is 3. The molecule has 0 saturated heterocycles. The van der Waals surface area contributed by atoms with E-state index in [1.807, 2.05) is 16.5 Å². The van der Waals surface area contributed by atoms with Crippen LogP contribution < -0.4 is 10.1 Å². The van der Waals surface area contributed by atoms with E-state index >= 15 is 0 Å². The Kier molecular flexibility index (Phi) is 7.96. The third-order valence-corrected chi connectivity index (χ3v) is 6.99. The van der Waals surface area contributed by atoms with Crippen molar-refractivity contribution >= 4 is 69.3 Å². The Morgan fingerprint density at radius 1 is 1.20 bits per heavy atom. The van der Waals surface area contributed by atoms with E-state index < -0.39 is 17.9 Å². The Morgan fingerprint density at radius 2 is 2.00 bits per heavy atom. The Balaban J connectivity index is 1.64. The lowest BCUT2D eigenvalue weighted by molar-refractivity contribution is -0.139. The van der Waals surface area contributed by atoms with Gasteiger partial charge >= 0.3 is 5.97 Å². The van der Waals surface area contributed by atoms with Gasteiger partial charge < -0.3 is 19.7 Å². The van der Waals surface area contributed by atoms with Crippen molar-refractivity contribution in [2.75, 3.05) is 18.5 Å². The summed E-state index contributed by atoms with van der Waals surface area (Å²) in [5, 5.41) is 6.28. The quantitative estimate of drug-likeness (QED) is 0.399. The van der Waals surface area contributed by atoms with E-state index in [2.05, 4.69) is 10.3 Å². The van der Waals surface area contributed by atoms with Gasteiger partial charge in [-0.15, -0.1) is 0 Å². The largest absolute Gasteiger partial charge is 0.483 e. The number of amidine groups is 1. The second kappa shape index (κ2) is 11.0. The smallest absolute Gasteiger partial charge is 0.338 e. The summed E-state index contributed by atoms with van der Waals surface area (Å²) in [6, 6.07) is 9.36. The number of fused-ring (bicyclic) bond motifs is 1. The summed E-state index contributed by atoms with van der Waals surface area (Å²) in [7, 11) is 0. The number of amides is 1. The highest BCUT2D eigenvalue weighted by Crippen LogP contribution is 2.44. The molecule has 2 aliphatic heterocycles. The van der Waals surface area contributed by atoms with E-state index in [-0.39, 0.29) is 18.2 Å². The van der Waals surface area contributed by atoms with Crippen LogP contribution in [0, 0.1) is 0 Å². The van der Waals surface area contributed by atoms with Crippen LogP contribution >= 0.6 is 46.6 Å². The van der Waals surface area contributed by atoms with E-state index in [0.29, 0.717) is 43.5 Å². The predicted molar refractivity (Wildman–Crippen MR) is 140 cm³/mol. The second-order valence-corrected chi connectivity index (χ2v) is 9.54. The summed E-state index contributed by atoms with van der Waals surface area (Å²) in [6.45, 7) is 3.40. The summed E-state index contributed by atoms with van der Waals surface area (Å²) in [6.07, 6.45) is 1.83. The van der Waals surface area contributed by atoms with Crippen molar-refractivity contribution in [2.24, 2.45) is 4.99 Å². The van der Waals surface area contributed by atoms with E-state index in [1.165, 1.54) is 11.8 Å². The zero-order valence-corrected chi connectivity index (χ0v) is 21.8. The van der Waals surface area contributed by atoms with E-state index in [4.69, 9.17) is 44.3 Å². The van der Waals surface area contributed by atoms with Gasteiger partial charge in [-0.05, 0) is 49.6 Å². The van der Waals surface area contributed by atoms with Gasteiger partial charge in [-0.1, -0.05) is 52.6 Å². The highest BCUT2D eigenvalue weighted by atomic mass is 35.5. The number of benzene rings is 2. The lowest BCUT2D eigenvalue weighted by Gasteiger charge is -2.34. The molecule has 1 atom stereocenters. The van der Waals surface area contributed by atoms with Crippen LogP contribution in [0.25, 0.3) is 0 Å².